The van der Waals surface area contributed by atoms with E-state index in [0.29, 0.717) is 30.6 Å². The van der Waals surface area contributed by atoms with Crippen LogP contribution >= 0.6 is 11.8 Å². The van der Waals surface area contributed by atoms with Crippen molar-refractivity contribution in [3.8, 4) is 0 Å². The number of benzene rings is 1. The van der Waals surface area contributed by atoms with E-state index in [4.69, 9.17) is 4.74 Å². The molecule has 2 rings (SSSR count). The number of thioether (sulfide) groups is 1. The Morgan fingerprint density at radius 3 is 2.88 bits per heavy atom. The summed E-state index contributed by atoms with van der Waals surface area (Å²) in [6.45, 7) is 5.24. The molecule has 0 radical (unpaired) electrons. The molecule has 0 saturated heterocycles. The van der Waals surface area contributed by atoms with Crippen molar-refractivity contribution in [1.29, 1.82) is 0 Å². The van der Waals surface area contributed by atoms with Gasteiger partial charge in [-0.05, 0) is 24.0 Å². The number of carbonyl (C=O) groups excluding carboxylic acids is 1. The second-order valence-electron chi connectivity index (χ2n) is 5.89. The summed E-state index contributed by atoms with van der Waals surface area (Å²) in [4.78, 5) is 24.0. The summed E-state index contributed by atoms with van der Waals surface area (Å²) in [5.74, 6) is 0.375. The molecular weight excluding hydrogens is 340 g/mol. The van der Waals surface area contributed by atoms with Gasteiger partial charge >= 0.3 is 5.69 Å². The predicted octanol–water partition coefficient (Wildman–Crippen LogP) is 2.46. The van der Waals surface area contributed by atoms with Gasteiger partial charge in [-0.25, -0.2) is 9.89 Å². The van der Waals surface area contributed by atoms with E-state index >= 15 is 0 Å². The summed E-state index contributed by atoms with van der Waals surface area (Å²) in [6, 6.07) is 7.76. The van der Waals surface area contributed by atoms with Crippen LogP contribution in [-0.4, -0.2) is 40.1 Å². The van der Waals surface area contributed by atoms with E-state index in [1.165, 1.54) is 16.3 Å². The molecule has 0 aliphatic carbocycles. The van der Waals surface area contributed by atoms with Crippen LogP contribution in [0.1, 0.15) is 31.7 Å². The van der Waals surface area contributed by atoms with E-state index in [1.807, 2.05) is 24.3 Å². The highest BCUT2D eigenvalue weighted by atomic mass is 32.2. The monoisotopic (exact) mass is 364 g/mol. The van der Waals surface area contributed by atoms with Gasteiger partial charge in [-0.1, -0.05) is 43.8 Å². The van der Waals surface area contributed by atoms with Crippen LogP contribution in [0.4, 0.5) is 5.69 Å². The van der Waals surface area contributed by atoms with Crippen LogP contribution in [0.15, 0.2) is 34.2 Å². The maximum atomic E-state index is 12.3. The number of hydrogen-bond donors (Lipinski definition) is 2. The average molecular weight is 364 g/mol. The molecule has 1 heterocycles. The SMILES string of the molecule is COCCCn1c(SCC(=O)Nc2ccccc2C(C)C)n[nH]c1=O. The van der Waals surface area contributed by atoms with E-state index < -0.39 is 0 Å². The zero-order chi connectivity index (χ0) is 18.2. The molecule has 0 unspecified atom stereocenters. The standard InChI is InChI=1S/C17H24N4O3S/c1-12(2)13-7-4-5-8-14(13)18-15(22)11-25-17-20-19-16(23)21(17)9-6-10-24-3/h4-5,7-8,12H,6,9-11H2,1-3H3,(H,18,22)(H,19,23). The van der Waals surface area contributed by atoms with Crippen LogP contribution in [0.3, 0.4) is 0 Å². The Morgan fingerprint density at radius 1 is 1.40 bits per heavy atom. The first kappa shape index (κ1) is 19.3. The Kier molecular flexibility index (Phi) is 7.27. The largest absolute Gasteiger partial charge is 0.385 e. The van der Waals surface area contributed by atoms with Crippen molar-refractivity contribution >= 4 is 23.4 Å². The van der Waals surface area contributed by atoms with Crippen molar-refractivity contribution in [3.05, 3.63) is 40.3 Å². The molecule has 1 aromatic heterocycles. The third-order valence-electron chi connectivity index (χ3n) is 3.64. The number of aromatic nitrogens is 3. The number of amides is 1. The van der Waals surface area contributed by atoms with Gasteiger partial charge in [-0.3, -0.25) is 9.36 Å². The summed E-state index contributed by atoms with van der Waals surface area (Å²) < 4.78 is 6.52. The van der Waals surface area contributed by atoms with Crippen molar-refractivity contribution in [3.63, 3.8) is 0 Å². The Bertz CT molecular complexity index is 754. The molecule has 0 spiro atoms. The third-order valence-corrected chi connectivity index (χ3v) is 4.62. The summed E-state index contributed by atoms with van der Waals surface area (Å²) in [7, 11) is 1.62. The second-order valence-corrected chi connectivity index (χ2v) is 6.83. The number of anilines is 1. The predicted molar refractivity (Wildman–Crippen MR) is 99.2 cm³/mol. The first-order valence-corrected chi connectivity index (χ1v) is 9.17. The van der Waals surface area contributed by atoms with E-state index in [-0.39, 0.29) is 17.3 Å². The topological polar surface area (TPSA) is 89.0 Å². The number of nitrogens with one attached hydrogen (secondary N) is 2. The molecule has 0 aliphatic heterocycles. The Labute approximate surface area is 151 Å². The van der Waals surface area contributed by atoms with Crippen LogP contribution in [0.2, 0.25) is 0 Å². The third kappa shape index (κ3) is 5.47. The number of nitrogens with zero attached hydrogens (tertiary/aromatic N) is 2. The lowest BCUT2D eigenvalue weighted by atomic mass is 10.0. The highest BCUT2D eigenvalue weighted by Crippen LogP contribution is 2.24. The van der Waals surface area contributed by atoms with Crippen LogP contribution in [0, 0.1) is 0 Å². The molecule has 136 valence electrons. The van der Waals surface area contributed by atoms with Crippen molar-refractivity contribution < 1.29 is 9.53 Å². The molecule has 2 N–H and O–H groups in total. The van der Waals surface area contributed by atoms with E-state index in [2.05, 4.69) is 29.4 Å². The van der Waals surface area contributed by atoms with Crippen LogP contribution < -0.4 is 11.0 Å². The summed E-state index contributed by atoms with van der Waals surface area (Å²) in [6.07, 6.45) is 0.706. The van der Waals surface area contributed by atoms with Gasteiger partial charge in [0.1, 0.15) is 0 Å². The van der Waals surface area contributed by atoms with Gasteiger partial charge in [0.15, 0.2) is 5.16 Å². The second kappa shape index (κ2) is 9.43. The van der Waals surface area contributed by atoms with Gasteiger partial charge in [0, 0.05) is 25.9 Å². The van der Waals surface area contributed by atoms with Gasteiger partial charge in [0.2, 0.25) is 5.91 Å². The van der Waals surface area contributed by atoms with Gasteiger partial charge in [-0.2, -0.15) is 0 Å². The minimum absolute atomic E-state index is 0.128. The first-order chi connectivity index (χ1) is 12.0. The minimum Gasteiger partial charge on any atom is -0.385 e. The molecule has 1 aromatic carbocycles. The van der Waals surface area contributed by atoms with E-state index in [9.17, 15) is 9.59 Å². The number of carbonyl (C=O) groups is 1. The number of hydrogen-bond acceptors (Lipinski definition) is 5. The zero-order valence-corrected chi connectivity index (χ0v) is 15.6. The number of rotatable bonds is 9. The maximum absolute atomic E-state index is 12.3. The summed E-state index contributed by atoms with van der Waals surface area (Å²) in [5, 5.41) is 9.86. The molecule has 0 bridgehead atoms. The fraction of sp³-hybridized carbons (Fsp3) is 0.471. The smallest absolute Gasteiger partial charge is 0.343 e. The van der Waals surface area contributed by atoms with Crippen LogP contribution in [-0.2, 0) is 16.1 Å². The molecule has 8 heteroatoms. The molecular formula is C17H24N4O3S. The van der Waals surface area contributed by atoms with Crippen molar-refractivity contribution in [2.75, 3.05) is 24.8 Å². The van der Waals surface area contributed by atoms with E-state index in [0.717, 1.165) is 11.3 Å². The highest BCUT2D eigenvalue weighted by Gasteiger charge is 2.13. The molecule has 25 heavy (non-hydrogen) atoms. The summed E-state index contributed by atoms with van der Waals surface area (Å²) in [5.41, 5.74) is 1.64. The lowest BCUT2D eigenvalue weighted by molar-refractivity contribution is -0.113. The number of para-hydroxylation sites is 1. The molecule has 1 amide bonds. The molecule has 0 fully saturated rings. The van der Waals surface area contributed by atoms with Gasteiger partial charge < -0.3 is 10.1 Å². The van der Waals surface area contributed by atoms with Crippen molar-refractivity contribution in [2.45, 2.75) is 37.9 Å². The van der Waals surface area contributed by atoms with Gasteiger partial charge in [0.05, 0.1) is 5.75 Å². The fourth-order valence-corrected chi connectivity index (χ4v) is 3.18. The number of aromatic amines is 1. The lowest BCUT2D eigenvalue weighted by Crippen LogP contribution is -2.20. The molecule has 2 aromatic rings. The van der Waals surface area contributed by atoms with Crippen molar-refractivity contribution in [1.82, 2.24) is 14.8 Å². The Balaban J connectivity index is 1.96. The molecule has 7 nitrogen and oxygen atoms in total. The summed E-state index contributed by atoms with van der Waals surface area (Å²) >= 11 is 1.24. The Hall–Kier alpha value is -2.06. The fourth-order valence-electron chi connectivity index (χ4n) is 2.41. The van der Waals surface area contributed by atoms with Crippen molar-refractivity contribution in [2.24, 2.45) is 0 Å². The maximum Gasteiger partial charge on any atom is 0.343 e. The number of ether oxygens (including phenoxy) is 1. The van der Waals surface area contributed by atoms with Gasteiger partial charge in [-0.15, -0.1) is 5.10 Å². The average Bonchev–Trinajstić information content (AvgIpc) is 2.94. The zero-order valence-electron chi connectivity index (χ0n) is 14.7. The minimum atomic E-state index is -0.274. The molecule has 0 saturated carbocycles. The van der Waals surface area contributed by atoms with Gasteiger partial charge in [0.25, 0.3) is 0 Å². The molecule has 0 atom stereocenters. The highest BCUT2D eigenvalue weighted by molar-refractivity contribution is 7.99. The number of H-pyrrole nitrogens is 1. The normalized spacial score (nSPS) is 11.0. The van der Waals surface area contributed by atoms with E-state index in [1.54, 1.807) is 7.11 Å². The Morgan fingerprint density at radius 2 is 2.16 bits per heavy atom. The number of methoxy groups -OCH3 is 1. The quantitative estimate of drug-likeness (QED) is 0.527. The lowest BCUT2D eigenvalue weighted by Gasteiger charge is -2.13. The first-order valence-electron chi connectivity index (χ1n) is 8.18. The van der Waals surface area contributed by atoms with Crippen LogP contribution in [0.25, 0.3) is 0 Å². The molecule has 0 aliphatic rings. The van der Waals surface area contributed by atoms with Crippen LogP contribution in [0.5, 0.6) is 0 Å².